The molecular formula is C24H34N4O4. The van der Waals surface area contributed by atoms with Crippen molar-refractivity contribution in [3.63, 3.8) is 0 Å². The maximum absolute atomic E-state index is 13.0. The Balaban J connectivity index is 1.40. The highest BCUT2D eigenvalue weighted by Gasteiger charge is 2.44. The molecule has 1 aromatic carbocycles. The summed E-state index contributed by atoms with van der Waals surface area (Å²) in [4.78, 5) is 43.6. The smallest absolute Gasteiger partial charge is 0.332 e. The van der Waals surface area contributed by atoms with Gasteiger partial charge in [-0.2, -0.15) is 0 Å². The Morgan fingerprint density at radius 2 is 1.75 bits per heavy atom. The van der Waals surface area contributed by atoms with Crippen molar-refractivity contribution in [1.82, 2.24) is 15.1 Å². The van der Waals surface area contributed by atoms with Crippen LogP contribution in [-0.4, -0.2) is 78.6 Å². The monoisotopic (exact) mass is 442 g/mol. The van der Waals surface area contributed by atoms with Crippen molar-refractivity contribution in [1.29, 1.82) is 0 Å². The Morgan fingerprint density at radius 1 is 1.09 bits per heavy atom. The molecule has 2 heterocycles. The molecule has 1 atom stereocenters. The van der Waals surface area contributed by atoms with Gasteiger partial charge in [-0.3, -0.25) is 24.3 Å². The van der Waals surface area contributed by atoms with E-state index in [1.54, 1.807) is 6.92 Å². The fourth-order valence-corrected chi connectivity index (χ4v) is 5.23. The lowest BCUT2D eigenvalue weighted by Crippen LogP contribution is -2.60. The molecule has 174 valence electrons. The van der Waals surface area contributed by atoms with Gasteiger partial charge in [0.25, 0.3) is 5.91 Å². The minimum absolute atomic E-state index is 0.0576. The maximum atomic E-state index is 13.0. The maximum Gasteiger partial charge on any atom is 0.332 e. The van der Waals surface area contributed by atoms with Gasteiger partial charge in [-0.05, 0) is 38.8 Å². The van der Waals surface area contributed by atoms with Crippen LogP contribution in [0.1, 0.15) is 44.6 Å². The van der Waals surface area contributed by atoms with E-state index >= 15 is 0 Å². The van der Waals surface area contributed by atoms with Gasteiger partial charge < -0.3 is 10.1 Å². The van der Waals surface area contributed by atoms with Crippen LogP contribution in [0, 0.1) is 6.92 Å². The number of hydrogen-bond acceptors (Lipinski definition) is 5. The molecule has 0 spiro atoms. The first-order valence-corrected chi connectivity index (χ1v) is 11.7. The number of urea groups is 1. The molecule has 0 unspecified atom stereocenters. The Morgan fingerprint density at radius 3 is 2.41 bits per heavy atom. The first-order valence-electron chi connectivity index (χ1n) is 11.7. The van der Waals surface area contributed by atoms with E-state index in [0.29, 0.717) is 12.2 Å². The molecule has 1 saturated carbocycles. The SMILES string of the molecule is Cc1ccc(N2C(=O)N(CC(=O)NCC3(N4CCOCC4)CCCCC3)C(=O)[C@H]2C)cc1. The number of anilines is 1. The number of aryl methyl sites for hydroxylation is 1. The minimum atomic E-state index is -0.629. The van der Waals surface area contributed by atoms with Gasteiger partial charge in [0.1, 0.15) is 12.6 Å². The molecule has 4 rings (SSSR count). The number of amides is 4. The molecule has 32 heavy (non-hydrogen) atoms. The zero-order valence-corrected chi connectivity index (χ0v) is 19.1. The van der Waals surface area contributed by atoms with Crippen LogP contribution in [0.3, 0.4) is 0 Å². The van der Waals surface area contributed by atoms with Gasteiger partial charge in [0.15, 0.2) is 0 Å². The van der Waals surface area contributed by atoms with Crippen LogP contribution in [0.5, 0.6) is 0 Å². The summed E-state index contributed by atoms with van der Waals surface area (Å²) >= 11 is 0. The number of nitrogens with zero attached hydrogens (tertiary/aromatic N) is 3. The molecule has 3 aliphatic rings. The summed E-state index contributed by atoms with van der Waals surface area (Å²) in [6.07, 6.45) is 5.63. The van der Waals surface area contributed by atoms with Crippen molar-refractivity contribution < 1.29 is 19.1 Å². The first-order chi connectivity index (χ1) is 15.4. The molecule has 2 saturated heterocycles. The molecule has 1 N–H and O–H groups in total. The molecule has 0 bridgehead atoms. The van der Waals surface area contributed by atoms with Crippen LogP contribution in [0.2, 0.25) is 0 Å². The van der Waals surface area contributed by atoms with Gasteiger partial charge in [-0.25, -0.2) is 4.79 Å². The van der Waals surface area contributed by atoms with E-state index in [2.05, 4.69) is 10.2 Å². The molecule has 4 amide bonds. The topological polar surface area (TPSA) is 82.2 Å². The zero-order chi connectivity index (χ0) is 22.7. The zero-order valence-electron chi connectivity index (χ0n) is 19.1. The van der Waals surface area contributed by atoms with Gasteiger partial charge in [0.05, 0.1) is 13.2 Å². The quantitative estimate of drug-likeness (QED) is 0.684. The van der Waals surface area contributed by atoms with Crippen molar-refractivity contribution in [3.8, 4) is 0 Å². The molecule has 8 heteroatoms. The van der Waals surface area contributed by atoms with E-state index < -0.39 is 12.1 Å². The van der Waals surface area contributed by atoms with E-state index in [-0.39, 0.29) is 23.9 Å². The lowest BCUT2D eigenvalue weighted by Gasteiger charge is -2.48. The molecule has 8 nitrogen and oxygen atoms in total. The molecular weight excluding hydrogens is 408 g/mol. The van der Waals surface area contributed by atoms with Crippen LogP contribution in [0.25, 0.3) is 0 Å². The number of morpholine rings is 1. The number of carbonyl (C=O) groups excluding carboxylic acids is 3. The highest BCUT2D eigenvalue weighted by atomic mass is 16.5. The molecule has 3 fully saturated rings. The van der Waals surface area contributed by atoms with Gasteiger partial charge in [-0.1, -0.05) is 37.0 Å². The van der Waals surface area contributed by atoms with Crippen molar-refractivity contribution in [2.45, 2.75) is 57.5 Å². The largest absolute Gasteiger partial charge is 0.379 e. The van der Waals surface area contributed by atoms with Gasteiger partial charge in [0.2, 0.25) is 5.91 Å². The summed E-state index contributed by atoms with van der Waals surface area (Å²) < 4.78 is 5.52. The third kappa shape index (κ3) is 4.52. The molecule has 1 aromatic rings. The Kier molecular flexibility index (Phi) is 6.81. The Hall–Kier alpha value is -2.45. The summed E-state index contributed by atoms with van der Waals surface area (Å²) in [6, 6.07) is 6.40. The second-order valence-electron chi connectivity index (χ2n) is 9.25. The summed E-state index contributed by atoms with van der Waals surface area (Å²) in [5, 5.41) is 3.05. The normalized spacial score (nSPS) is 24.1. The standard InChI is InChI=1S/C24H34N4O4/c1-18-6-8-20(9-7-18)28-19(2)22(30)27(23(28)31)16-21(29)25-17-24(10-4-3-5-11-24)26-12-14-32-15-13-26/h6-9,19H,3-5,10-17H2,1-2H3,(H,25,29)/t19-/m1/s1. The third-order valence-corrected chi connectivity index (χ3v) is 7.14. The summed E-state index contributed by atoms with van der Waals surface area (Å²) in [6.45, 7) is 7.16. The van der Waals surface area contributed by atoms with E-state index in [1.807, 2.05) is 31.2 Å². The number of hydrogen-bond donors (Lipinski definition) is 1. The Labute approximate surface area is 189 Å². The molecule has 1 aliphatic carbocycles. The van der Waals surface area contributed by atoms with E-state index in [4.69, 9.17) is 4.74 Å². The average Bonchev–Trinajstić information content (AvgIpc) is 3.03. The van der Waals surface area contributed by atoms with Gasteiger partial charge in [-0.15, -0.1) is 0 Å². The number of imide groups is 1. The van der Waals surface area contributed by atoms with Crippen LogP contribution >= 0.6 is 0 Å². The van der Waals surface area contributed by atoms with Crippen molar-refractivity contribution >= 4 is 23.5 Å². The number of rotatable bonds is 6. The van der Waals surface area contributed by atoms with Crippen molar-refractivity contribution in [2.75, 3.05) is 44.3 Å². The Bertz CT molecular complexity index is 844. The highest BCUT2D eigenvalue weighted by molar-refractivity contribution is 6.15. The van der Waals surface area contributed by atoms with Gasteiger partial charge in [0, 0.05) is 30.9 Å². The highest BCUT2D eigenvalue weighted by Crippen LogP contribution is 2.34. The second kappa shape index (κ2) is 9.58. The van der Waals surface area contributed by atoms with Crippen LogP contribution in [-0.2, 0) is 14.3 Å². The van der Waals surface area contributed by atoms with E-state index in [0.717, 1.165) is 62.4 Å². The first kappa shape index (κ1) is 22.7. The van der Waals surface area contributed by atoms with Crippen LogP contribution in [0.15, 0.2) is 24.3 Å². The van der Waals surface area contributed by atoms with Crippen molar-refractivity contribution in [2.24, 2.45) is 0 Å². The van der Waals surface area contributed by atoms with Crippen LogP contribution in [0.4, 0.5) is 10.5 Å². The predicted molar refractivity (Wildman–Crippen MR) is 121 cm³/mol. The molecule has 0 radical (unpaired) electrons. The number of benzene rings is 1. The predicted octanol–water partition coefficient (Wildman–Crippen LogP) is 2.30. The summed E-state index contributed by atoms with van der Waals surface area (Å²) in [5.41, 5.74) is 1.68. The number of ether oxygens (including phenoxy) is 1. The fraction of sp³-hybridized carbons (Fsp3) is 0.625. The van der Waals surface area contributed by atoms with E-state index in [9.17, 15) is 14.4 Å². The second-order valence-corrected chi connectivity index (χ2v) is 9.25. The lowest BCUT2D eigenvalue weighted by atomic mass is 9.79. The number of nitrogens with one attached hydrogen (secondary N) is 1. The van der Waals surface area contributed by atoms with Crippen LogP contribution < -0.4 is 10.2 Å². The third-order valence-electron chi connectivity index (χ3n) is 7.14. The fourth-order valence-electron chi connectivity index (χ4n) is 5.23. The van der Waals surface area contributed by atoms with Gasteiger partial charge >= 0.3 is 6.03 Å². The summed E-state index contributed by atoms with van der Waals surface area (Å²) in [7, 11) is 0. The minimum Gasteiger partial charge on any atom is -0.379 e. The molecule has 0 aromatic heterocycles. The number of carbonyl (C=O) groups is 3. The van der Waals surface area contributed by atoms with Crippen molar-refractivity contribution in [3.05, 3.63) is 29.8 Å². The lowest BCUT2D eigenvalue weighted by molar-refractivity contribution is -0.132. The summed E-state index contributed by atoms with van der Waals surface area (Å²) in [5.74, 6) is -0.630. The average molecular weight is 443 g/mol. The molecule has 2 aliphatic heterocycles. The van der Waals surface area contributed by atoms with E-state index in [1.165, 1.54) is 11.3 Å².